The Hall–Kier alpha value is -3.48. The molecule has 0 unspecified atom stereocenters. The molecule has 28 heavy (non-hydrogen) atoms. The van der Waals surface area contributed by atoms with Crippen molar-refractivity contribution in [2.45, 2.75) is 13.3 Å². The molecule has 3 rings (SSSR count). The smallest absolute Gasteiger partial charge is 0.340 e. The molecule has 0 aliphatic carbocycles. The van der Waals surface area contributed by atoms with Crippen LogP contribution in [-0.2, 0) is 11.2 Å². The summed E-state index contributed by atoms with van der Waals surface area (Å²) in [6, 6.07) is 10.3. The molecule has 7 heteroatoms. The van der Waals surface area contributed by atoms with Crippen LogP contribution in [0.25, 0.3) is 11.0 Å². The van der Waals surface area contributed by atoms with E-state index in [2.05, 4.69) is 5.32 Å². The predicted octanol–water partition coefficient (Wildman–Crippen LogP) is 3.31. The summed E-state index contributed by atoms with van der Waals surface area (Å²) in [7, 11) is 4.61. The molecule has 0 aliphatic heterocycles. The minimum atomic E-state index is -0.565. The van der Waals surface area contributed by atoms with Crippen molar-refractivity contribution in [3.8, 4) is 17.2 Å². The van der Waals surface area contributed by atoms with Gasteiger partial charge in [-0.3, -0.25) is 4.79 Å². The fraction of sp³-hybridized carbons (Fsp3) is 0.238. The second-order valence-corrected chi connectivity index (χ2v) is 6.15. The maximum atomic E-state index is 12.5. The van der Waals surface area contributed by atoms with Gasteiger partial charge < -0.3 is 23.9 Å². The van der Waals surface area contributed by atoms with Crippen molar-refractivity contribution in [2.75, 3.05) is 26.6 Å². The normalized spacial score (nSPS) is 10.6. The average molecular weight is 383 g/mol. The van der Waals surface area contributed by atoms with Gasteiger partial charge in [-0.2, -0.15) is 0 Å². The molecule has 1 amide bonds. The lowest BCUT2D eigenvalue weighted by molar-refractivity contribution is -0.115. The van der Waals surface area contributed by atoms with E-state index in [9.17, 15) is 9.59 Å². The highest BCUT2D eigenvalue weighted by molar-refractivity contribution is 5.94. The van der Waals surface area contributed by atoms with Crippen molar-refractivity contribution in [2.24, 2.45) is 0 Å². The van der Waals surface area contributed by atoms with E-state index in [0.717, 1.165) is 0 Å². The zero-order valence-electron chi connectivity index (χ0n) is 16.1. The standard InChI is InChI=1S/C21H21NO6/c1-12-16(11-19(23)22-13-5-7-14(25-2)8-6-13)21(24)28-18-10-15(26-3)9-17(27-4)20(12)18/h5-10H,11H2,1-4H3,(H,22,23). The van der Waals surface area contributed by atoms with Crippen molar-refractivity contribution >= 4 is 22.6 Å². The molecule has 7 nitrogen and oxygen atoms in total. The van der Waals surface area contributed by atoms with E-state index >= 15 is 0 Å². The number of anilines is 1. The molecule has 3 aromatic rings. The summed E-state index contributed by atoms with van der Waals surface area (Å²) in [5.41, 5.74) is 1.30. The number of amides is 1. The highest BCUT2D eigenvalue weighted by atomic mass is 16.5. The summed E-state index contributed by atoms with van der Waals surface area (Å²) < 4.78 is 21.1. The molecule has 1 heterocycles. The van der Waals surface area contributed by atoms with Crippen molar-refractivity contribution in [1.82, 2.24) is 0 Å². The quantitative estimate of drug-likeness (QED) is 0.657. The number of hydrogen-bond donors (Lipinski definition) is 1. The Labute approximate surface area is 161 Å². The van der Waals surface area contributed by atoms with E-state index in [1.54, 1.807) is 50.4 Å². The summed E-state index contributed by atoms with van der Waals surface area (Å²) in [4.78, 5) is 24.9. The molecule has 0 bridgehead atoms. The molecule has 0 fully saturated rings. The first-order valence-corrected chi connectivity index (χ1v) is 8.59. The second-order valence-electron chi connectivity index (χ2n) is 6.15. The van der Waals surface area contributed by atoms with Gasteiger partial charge in [0.25, 0.3) is 0 Å². The Morgan fingerprint density at radius 1 is 1.00 bits per heavy atom. The van der Waals surface area contributed by atoms with Gasteiger partial charge in [0.1, 0.15) is 22.8 Å². The summed E-state index contributed by atoms with van der Waals surface area (Å²) in [5, 5.41) is 3.40. The first-order chi connectivity index (χ1) is 13.5. The third-order valence-corrected chi connectivity index (χ3v) is 4.48. The number of nitrogens with one attached hydrogen (secondary N) is 1. The maximum Gasteiger partial charge on any atom is 0.340 e. The first-order valence-electron chi connectivity index (χ1n) is 8.59. The van der Waals surface area contributed by atoms with Gasteiger partial charge in [-0.15, -0.1) is 0 Å². The van der Waals surface area contributed by atoms with Crippen LogP contribution in [0.4, 0.5) is 5.69 Å². The van der Waals surface area contributed by atoms with Gasteiger partial charge in [0.05, 0.1) is 38.7 Å². The number of benzene rings is 2. The lowest BCUT2D eigenvalue weighted by atomic mass is 10.0. The summed E-state index contributed by atoms with van der Waals surface area (Å²) >= 11 is 0. The number of hydrogen-bond acceptors (Lipinski definition) is 6. The highest BCUT2D eigenvalue weighted by Crippen LogP contribution is 2.33. The van der Waals surface area contributed by atoms with Crippen LogP contribution in [0.15, 0.2) is 45.6 Å². The monoisotopic (exact) mass is 383 g/mol. The molecule has 0 saturated heterocycles. The van der Waals surface area contributed by atoms with E-state index in [1.807, 2.05) is 0 Å². The lowest BCUT2D eigenvalue weighted by Gasteiger charge is -2.13. The third kappa shape index (κ3) is 3.78. The van der Waals surface area contributed by atoms with Crippen molar-refractivity contribution in [3.05, 3.63) is 57.9 Å². The van der Waals surface area contributed by atoms with Gasteiger partial charge in [0, 0.05) is 17.8 Å². The summed E-state index contributed by atoms with van der Waals surface area (Å²) in [6.07, 6.45) is -0.120. The molecule has 1 N–H and O–H groups in total. The van der Waals surface area contributed by atoms with Crippen LogP contribution >= 0.6 is 0 Å². The van der Waals surface area contributed by atoms with Crippen LogP contribution in [0.2, 0.25) is 0 Å². The fourth-order valence-corrected chi connectivity index (χ4v) is 3.01. The largest absolute Gasteiger partial charge is 0.497 e. The maximum absolute atomic E-state index is 12.5. The van der Waals surface area contributed by atoms with Crippen LogP contribution in [0.1, 0.15) is 11.1 Å². The number of aryl methyl sites for hydroxylation is 1. The van der Waals surface area contributed by atoms with E-state index in [4.69, 9.17) is 18.6 Å². The number of methoxy groups -OCH3 is 3. The summed E-state index contributed by atoms with van der Waals surface area (Å²) in [6.45, 7) is 1.77. The van der Waals surface area contributed by atoms with E-state index < -0.39 is 5.63 Å². The van der Waals surface area contributed by atoms with Gasteiger partial charge in [-0.05, 0) is 36.8 Å². The minimum absolute atomic E-state index is 0.120. The molecule has 0 atom stereocenters. The molecule has 0 spiro atoms. The molecule has 2 aromatic carbocycles. The SMILES string of the molecule is COc1ccc(NC(=O)Cc2c(C)c3c(OC)cc(OC)cc3oc2=O)cc1. The molecule has 1 aromatic heterocycles. The number of carbonyl (C=O) groups is 1. The molecule has 0 radical (unpaired) electrons. The van der Waals surface area contributed by atoms with Crippen LogP contribution in [0, 0.1) is 6.92 Å². The average Bonchev–Trinajstić information content (AvgIpc) is 2.70. The van der Waals surface area contributed by atoms with Crippen molar-refractivity contribution in [1.29, 1.82) is 0 Å². The van der Waals surface area contributed by atoms with E-state index in [1.165, 1.54) is 14.2 Å². The molecule has 146 valence electrons. The fourth-order valence-electron chi connectivity index (χ4n) is 3.01. The van der Waals surface area contributed by atoms with Crippen LogP contribution in [0.3, 0.4) is 0 Å². The van der Waals surface area contributed by atoms with Gasteiger partial charge in [0.2, 0.25) is 5.91 Å². The number of fused-ring (bicyclic) bond motifs is 1. The van der Waals surface area contributed by atoms with Crippen molar-refractivity contribution in [3.63, 3.8) is 0 Å². The van der Waals surface area contributed by atoms with Crippen molar-refractivity contribution < 1.29 is 23.4 Å². The first kappa shape index (κ1) is 19.3. The van der Waals surface area contributed by atoms with Gasteiger partial charge in [0.15, 0.2) is 0 Å². The summed E-state index contributed by atoms with van der Waals surface area (Å²) in [5.74, 6) is 1.38. The predicted molar refractivity (Wildman–Crippen MR) is 106 cm³/mol. The Morgan fingerprint density at radius 2 is 1.68 bits per heavy atom. The van der Waals surface area contributed by atoms with Gasteiger partial charge >= 0.3 is 5.63 Å². The van der Waals surface area contributed by atoms with Crippen LogP contribution in [0.5, 0.6) is 17.2 Å². The van der Waals surface area contributed by atoms with Crippen LogP contribution in [-0.4, -0.2) is 27.2 Å². The molecule has 0 saturated carbocycles. The second kappa shape index (κ2) is 8.04. The minimum Gasteiger partial charge on any atom is -0.497 e. The van der Waals surface area contributed by atoms with Gasteiger partial charge in [-0.25, -0.2) is 4.79 Å². The zero-order chi connectivity index (χ0) is 20.3. The third-order valence-electron chi connectivity index (χ3n) is 4.48. The Kier molecular flexibility index (Phi) is 5.54. The Morgan fingerprint density at radius 3 is 2.29 bits per heavy atom. The molecular weight excluding hydrogens is 362 g/mol. The number of rotatable bonds is 6. The number of ether oxygens (including phenoxy) is 3. The number of carbonyl (C=O) groups excluding carboxylic acids is 1. The molecule has 0 aliphatic rings. The topological polar surface area (TPSA) is 87.0 Å². The molecular formula is C21H21NO6. The lowest BCUT2D eigenvalue weighted by Crippen LogP contribution is -2.20. The Balaban J connectivity index is 1.93. The van der Waals surface area contributed by atoms with Gasteiger partial charge in [-0.1, -0.05) is 0 Å². The van der Waals surface area contributed by atoms with E-state index in [0.29, 0.717) is 39.5 Å². The Bertz CT molecular complexity index is 1070. The van der Waals surface area contributed by atoms with E-state index in [-0.39, 0.29) is 17.9 Å². The highest BCUT2D eigenvalue weighted by Gasteiger charge is 2.18. The zero-order valence-corrected chi connectivity index (χ0v) is 16.1. The van der Waals surface area contributed by atoms with Crippen LogP contribution < -0.4 is 25.2 Å².